The zero-order valence-electron chi connectivity index (χ0n) is 5.78. The van der Waals surface area contributed by atoms with Crippen molar-refractivity contribution in [3.8, 4) is 5.75 Å². The highest BCUT2D eigenvalue weighted by Crippen LogP contribution is 2.03. The molecule has 0 aromatic carbocycles. The fourth-order valence-corrected chi connectivity index (χ4v) is 0.541. The second-order valence-corrected chi connectivity index (χ2v) is 1.87. The van der Waals surface area contributed by atoms with E-state index in [1.807, 2.05) is 0 Å². The van der Waals surface area contributed by atoms with Gasteiger partial charge in [-0.2, -0.15) is 0 Å². The Morgan fingerprint density at radius 2 is 2.64 bits per heavy atom. The number of carbonyl (C=O) groups is 1. The van der Waals surface area contributed by atoms with Crippen molar-refractivity contribution in [2.75, 3.05) is 6.61 Å². The third-order valence-electron chi connectivity index (χ3n) is 0.953. The molecule has 0 atom stereocenters. The first-order valence-electron chi connectivity index (χ1n) is 3.03. The minimum Gasteiger partial charge on any atom is -0.481 e. The monoisotopic (exact) mass is 151 g/mol. The third-order valence-corrected chi connectivity index (χ3v) is 0.953. The van der Waals surface area contributed by atoms with Crippen LogP contribution >= 0.6 is 0 Å². The van der Waals surface area contributed by atoms with Gasteiger partial charge >= 0.3 is 0 Å². The molecule has 0 aliphatic carbocycles. The summed E-state index contributed by atoms with van der Waals surface area (Å²) in [7, 11) is 0. The maximum absolute atomic E-state index is 10.2. The second-order valence-electron chi connectivity index (χ2n) is 1.87. The van der Waals surface area contributed by atoms with E-state index < -0.39 is 5.91 Å². The minimum absolute atomic E-state index is 0.137. The summed E-state index contributed by atoms with van der Waals surface area (Å²) < 4.78 is 4.87. The highest BCUT2D eigenvalue weighted by atomic mass is 16.5. The van der Waals surface area contributed by atoms with Crippen LogP contribution in [-0.2, 0) is 4.79 Å². The van der Waals surface area contributed by atoms with Crippen LogP contribution in [0, 0.1) is 6.20 Å². The van der Waals surface area contributed by atoms with Gasteiger partial charge in [0.15, 0.2) is 6.61 Å². The SMILES string of the molecule is NC(=O)COc1[c]nccc1. The number of pyridine rings is 1. The quantitative estimate of drug-likeness (QED) is 0.647. The molecule has 57 valence electrons. The first-order chi connectivity index (χ1) is 5.29. The van der Waals surface area contributed by atoms with Crippen molar-refractivity contribution in [1.82, 2.24) is 4.98 Å². The number of hydrogen-bond donors (Lipinski definition) is 1. The van der Waals surface area contributed by atoms with Crippen LogP contribution in [0.4, 0.5) is 0 Å². The number of nitrogens with two attached hydrogens (primary N) is 1. The van der Waals surface area contributed by atoms with Crippen molar-refractivity contribution in [2.24, 2.45) is 5.73 Å². The Bertz CT molecular complexity index is 235. The van der Waals surface area contributed by atoms with Gasteiger partial charge in [0.1, 0.15) is 11.9 Å². The van der Waals surface area contributed by atoms with Crippen LogP contribution in [0.3, 0.4) is 0 Å². The maximum Gasteiger partial charge on any atom is 0.255 e. The minimum atomic E-state index is -0.512. The Hall–Kier alpha value is -1.58. The number of carbonyl (C=O) groups excluding carboxylic acids is 1. The van der Waals surface area contributed by atoms with E-state index in [1.165, 1.54) is 0 Å². The van der Waals surface area contributed by atoms with Gasteiger partial charge < -0.3 is 10.5 Å². The van der Waals surface area contributed by atoms with Gasteiger partial charge in [-0.25, -0.2) is 0 Å². The zero-order valence-corrected chi connectivity index (χ0v) is 5.78. The molecule has 11 heavy (non-hydrogen) atoms. The summed E-state index contributed by atoms with van der Waals surface area (Å²) >= 11 is 0. The van der Waals surface area contributed by atoms with E-state index in [0.29, 0.717) is 5.75 Å². The molecule has 0 bridgehead atoms. The predicted molar refractivity (Wildman–Crippen MR) is 37.8 cm³/mol. The Morgan fingerprint density at radius 1 is 1.82 bits per heavy atom. The smallest absolute Gasteiger partial charge is 0.255 e. The first kappa shape index (κ1) is 7.53. The van der Waals surface area contributed by atoms with E-state index >= 15 is 0 Å². The van der Waals surface area contributed by atoms with Crippen LogP contribution in [0.25, 0.3) is 0 Å². The predicted octanol–water partition coefficient (Wildman–Crippen LogP) is -0.254. The van der Waals surface area contributed by atoms with Crippen LogP contribution < -0.4 is 10.5 Å². The molecule has 4 heteroatoms. The number of hydrogen-bond acceptors (Lipinski definition) is 3. The van der Waals surface area contributed by atoms with E-state index in [2.05, 4.69) is 11.2 Å². The lowest BCUT2D eigenvalue weighted by Gasteiger charge is -1.99. The fourth-order valence-electron chi connectivity index (χ4n) is 0.541. The highest BCUT2D eigenvalue weighted by Gasteiger charge is 1.95. The highest BCUT2D eigenvalue weighted by molar-refractivity contribution is 5.75. The van der Waals surface area contributed by atoms with Gasteiger partial charge in [-0.1, -0.05) is 0 Å². The van der Waals surface area contributed by atoms with Gasteiger partial charge in [0.2, 0.25) is 0 Å². The molecule has 0 saturated heterocycles. The average Bonchev–Trinajstić information content (AvgIpc) is 2.03. The van der Waals surface area contributed by atoms with Gasteiger partial charge in [-0.05, 0) is 12.1 Å². The van der Waals surface area contributed by atoms with Gasteiger partial charge in [-0.3, -0.25) is 9.78 Å². The summed E-state index contributed by atoms with van der Waals surface area (Å²) in [5.74, 6) is -0.0893. The molecule has 1 aromatic heterocycles. The van der Waals surface area contributed by atoms with Crippen molar-refractivity contribution >= 4 is 5.91 Å². The van der Waals surface area contributed by atoms with E-state index in [0.717, 1.165) is 0 Å². The van der Waals surface area contributed by atoms with E-state index in [4.69, 9.17) is 10.5 Å². The lowest BCUT2D eigenvalue weighted by atomic mass is 10.5. The van der Waals surface area contributed by atoms with E-state index in [-0.39, 0.29) is 6.61 Å². The lowest BCUT2D eigenvalue weighted by molar-refractivity contribution is -0.119. The van der Waals surface area contributed by atoms with Gasteiger partial charge in [-0.15, -0.1) is 0 Å². The molecule has 1 heterocycles. The Labute approximate surface area is 64.0 Å². The summed E-state index contributed by atoms with van der Waals surface area (Å²) in [5.41, 5.74) is 4.84. The summed E-state index contributed by atoms with van der Waals surface area (Å²) in [6, 6.07) is 3.34. The molecule has 0 aliphatic heterocycles. The van der Waals surface area contributed by atoms with Gasteiger partial charge in [0.05, 0.1) is 0 Å². The number of amides is 1. The molecule has 0 fully saturated rings. The second kappa shape index (κ2) is 3.55. The summed E-state index contributed by atoms with van der Waals surface area (Å²) in [6.45, 7) is -0.137. The number of rotatable bonds is 3. The van der Waals surface area contributed by atoms with Crippen LogP contribution in [0.5, 0.6) is 5.75 Å². The largest absolute Gasteiger partial charge is 0.481 e. The molecule has 0 unspecified atom stereocenters. The molecule has 0 aliphatic rings. The van der Waals surface area contributed by atoms with Crippen molar-refractivity contribution in [3.63, 3.8) is 0 Å². The van der Waals surface area contributed by atoms with Crippen LogP contribution in [0.2, 0.25) is 0 Å². The molecule has 4 nitrogen and oxygen atoms in total. The Balaban J connectivity index is 2.45. The third kappa shape index (κ3) is 2.66. The average molecular weight is 151 g/mol. The van der Waals surface area contributed by atoms with E-state index in [1.54, 1.807) is 18.3 Å². The molecule has 1 radical (unpaired) electrons. The van der Waals surface area contributed by atoms with Crippen molar-refractivity contribution in [1.29, 1.82) is 0 Å². The van der Waals surface area contributed by atoms with Gasteiger partial charge in [0, 0.05) is 6.20 Å². The van der Waals surface area contributed by atoms with Gasteiger partial charge in [0.25, 0.3) is 5.91 Å². The summed E-state index contributed by atoms with van der Waals surface area (Å²) in [4.78, 5) is 13.9. The van der Waals surface area contributed by atoms with Crippen LogP contribution in [0.1, 0.15) is 0 Å². The Kier molecular flexibility index (Phi) is 2.43. The molecule has 2 N–H and O–H groups in total. The summed E-state index contributed by atoms with van der Waals surface area (Å²) in [5, 5.41) is 0. The molecule has 1 rings (SSSR count). The number of aromatic nitrogens is 1. The maximum atomic E-state index is 10.2. The molecular weight excluding hydrogens is 144 g/mol. The number of ether oxygens (including phenoxy) is 1. The molecule has 1 amide bonds. The van der Waals surface area contributed by atoms with Crippen LogP contribution in [0.15, 0.2) is 18.3 Å². The van der Waals surface area contributed by atoms with E-state index in [9.17, 15) is 4.79 Å². The molecular formula is C7H7N2O2. The topological polar surface area (TPSA) is 65.2 Å². The van der Waals surface area contributed by atoms with Crippen molar-refractivity contribution < 1.29 is 9.53 Å². The number of primary amides is 1. The zero-order chi connectivity index (χ0) is 8.10. The van der Waals surface area contributed by atoms with Crippen LogP contribution in [-0.4, -0.2) is 17.5 Å². The van der Waals surface area contributed by atoms with Crippen molar-refractivity contribution in [3.05, 3.63) is 24.5 Å². The van der Waals surface area contributed by atoms with Crippen molar-refractivity contribution in [2.45, 2.75) is 0 Å². The molecule has 0 saturated carbocycles. The molecule has 0 spiro atoms. The number of nitrogens with zero attached hydrogens (tertiary/aromatic N) is 1. The summed E-state index contributed by atoms with van der Waals surface area (Å²) in [6.07, 6.45) is 4.11. The first-order valence-corrected chi connectivity index (χ1v) is 3.03. The lowest BCUT2D eigenvalue weighted by Crippen LogP contribution is -2.20. The normalized spacial score (nSPS) is 9.09. The Morgan fingerprint density at radius 3 is 3.18 bits per heavy atom. The fraction of sp³-hybridized carbons (Fsp3) is 0.143. The standard InChI is InChI=1S/C7H7N2O2/c8-7(10)5-11-6-2-1-3-9-4-6/h1-3H,5H2,(H2,8,10). The molecule has 1 aromatic rings.